The highest BCUT2D eigenvalue weighted by molar-refractivity contribution is 7.15. The van der Waals surface area contributed by atoms with Gasteiger partial charge in [-0.1, -0.05) is 18.3 Å². The Balaban J connectivity index is 1.98. The van der Waals surface area contributed by atoms with Crippen LogP contribution in [0.2, 0.25) is 0 Å². The van der Waals surface area contributed by atoms with Gasteiger partial charge in [-0.2, -0.15) is 0 Å². The van der Waals surface area contributed by atoms with Gasteiger partial charge in [0.15, 0.2) is 0 Å². The summed E-state index contributed by atoms with van der Waals surface area (Å²) in [6, 6.07) is 0.786. The molecule has 1 aliphatic carbocycles. The quantitative estimate of drug-likeness (QED) is 0.728. The van der Waals surface area contributed by atoms with E-state index >= 15 is 0 Å². The standard InChI is InChI=1S/C10H17N3S/c1-2-5-12-7-3-4-8-9(6-7)14-10(11)13-8/h7,12H,2-6H2,1H3,(H2,11,13)/p+2. The second kappa shape index (κ2) is 4.28. The molecule has 0 aromatic carbocycles. The minimum Gasteiger partial charge on any atom is -0.344 e. The normalized spacial score (nSPS) is 20.8. The molecule has 1 heterocycles. The maximum absolute atomic E-state index is 5.76. The number of fused-ring (bicyclic) bond motifs is 1. The van der Waals surface area contributed by atoms with E-state index < -0.39 is 0 Å². The Labute approximate surface area is 88.7 Å². The summed E-state index contributed by atoms with van der Waals surface area (Å²) in [6.07, 6.45) is 4.93. The lowest BCUT2D eigenvalue weighted by Crippen LogP contribution is -2.90. The van der Waals surface area contributed by atoms with Crippen molar-refractivity contribution < 1.29 is 10.3 Å². The van der Waals surface area contributed by atoms with Crippen LogP contribution >= 0.6 is 11.3 Å². The Bertz CT molecular complexity index is 308. The zero-order chi connectivity index (χ0) is 9.97. The number of aromatic nitrogens is 1. The number of aryl methyl sites for hydroxylation is 1. The topological polar surface area (TPSA) is 56.8 Å². The molecule has 0 bridgehead atoms. The van der Waals surface area contributed by atoms with E-state index in [1.54, 1.807) is 11.3 Å². The number of thiazole rings is 1. The Morgan fingerprint density at radius 3 is 3.29 bits per heavy atom. The molecule has 1 atom stereocenters. The summed E-state index contributed by atoms with van der Waals surface area (Å²) >= 11 is 1.73. The molecule has 4 heteroatoms. The highest BCUT2D eigenvalue weighted by atomic mass is 32.1. The molecular formula is C10H19N3S+2. The SMILES string of the molecule is CCC[NH2+]C1CCc2[nH+]c(N)sc2C1. The van der Waals surface area contributed by atoms with Crippen molar-refractivity contribution in [3.05, 3.63) is 10.6 Å². The number of aromatic amines is 1. The summed E-state index contributed by atoms with van der Waals surface area (Å²) in [5.74, 6) is 0. The molecule has 2 rings (SSSR count). The summed E-state index contributed by atoms with van der Waals surface area (Å²) in [4.78, 5) is 4.73. The molecule has 1 aromatic heterocycles. The molecule has 0 aliphatic heterocycles. The maximum atomic E-state index is 5.76. The van der Waals surface area contributed by atoms with Crippen LogP contribution in [-0.2, 0) is 12.8 Å². The zero-order valence-electron chi connectivity index (χ0n) is 8.68. The van der Waals surface area contributed by atoms with E-state index in [1.807, 2.05) is 0 Å². The minimum atomic E-state index is 0.786. The summed E-state index contributed by atoms with van der Waals surface area (Å²) in [5, 5.41) is 3.35. The van der Waals surface area contributed by atoms with Gasteiger partial charge in [0.2, 0.25) is 0 Å². The molecule has 1 aliphatic rings. The largest absolute Gasteiger partial charge is 0.344 e. The third-order valence-electron chi connectivity index (χ3n) is 2.85. The van der Waals surface area contributed by atoms with Crippen molar-refractivity contribution in [3.63, 3.8) is 0 Å². The second-order valence-electron chi connectivity index (χ2n) is 4.02. The first-order valence-corrected chi connectivity index (χ1v) is 6.24. The molecule has 0 amide bonds. The second-order valence-corrected chi connectivity index (χ2v) is 5.16. The molecule has 1 unspecified atom stereocenters. The van der Waals surface area contributed by atoms with E-state index in [0.29, 0.717) is 0 Å². The predicted octanol–water partition coefficient (Wildman–Crippen LogP) is -0.0249. The van der Waals surface area contributed by atoms with Crippen molar-refractivity contribution in [3.8, 4) is 0 Å². The molecule has 1 aromatic rings. The van der Waals surface area contributed by atoms with Crippen molar-refractivity contribution in [1.29, 1.82) is 0 Å². The van der Waals surface area contributed by atoms with E-state index in [2.05, 4.69) is 17.2 Å². The van der Waals surface area contributed by atoms with Crippen LogP contribution in [0.15, 0.2) is 0 Å². The van der Waals surface area contributed by atoms with Crippen molar-refractivity contribution >= 4 is 16.5 Å². The minimum absolute atomic E-state index is 0.786. The first kappa shape index (κ1) is 9.93. The monoisotopic (exact) mass is 213 g/mol. The van der Waals surface area contributed by atoms with E-state index in [4.69, 9.17) is 5.73 Å². The molecule has 5 N–H and O–H groups in total. The molecule has 14 heavy (non-hydrogen) atoms. The van der Waals surface area contributed by atoms with Crippen molar-refractivity contribution in [2.75, 3.05) is 12.3 Å². The summed E-state index contributed by atoms with van der Waals surface area (Å²) < 4.78 is 0. The third-order valence-corrected chi connectivity index (χ3v) is 3.83. The number of nitrogens with one attached hydrogen (secondary N) is 1. The number of H-pyrrole nitrogens is 1. The molecule has 0 radical (unpaired) electrons. The van der Waals surface area contributed by atoms with Crippen LogP contribution in [-0.4, -0.2) is 12.6 Å². The van der Waals surface area contributed by atoms with Gasteiger partial charge in [-0.3, -0.25) is 5.73 Å². The number of nitrogens with two attached hydrogens (primary N) is 2. The molecule has 0 saturated carbocycles. The number of quaternary nitrogens is 1. The first-order chi connectivity index (χ1) is 6.79. The average molecular weight is 213 g/mol. The van der Waals surface area contributed by atoms with Crippen LogP contribution < -0.4 is 16.0 Å². The Kier molecular flexibility index (Phi) is 3.03. The van der Waals surface area contributed by atoms with E-state index in [0.717, 1.165) is 11.2 Å². The van der Waals surface area contributed by atoms with E-state index in [-0.39, 0.29) is 0 Å². The maximum Gasteiger partial charge on any atom is 0.329 e. The number of hydrogen-bond acceptors (Lipinski definition) is 2. The molecule has 0 saturated heterocycles. The van der Waals surface area contributed by atoms with Gasteiger partial charge in [-0.25, -0.2) is 4.98 Å². The Morgan fingerprint density at radius 2 is 2.50 bits per heavy atom. The fraction of sp³-hybridized carbons (Fsp3) is 0.700. The first-order valence-electron chi connectivity index (χ1n) is 5.42. The van der Waals surface area contributed by atoms with Crippen LogP contribution in [0.4, 0.5) is 5.13 Å². The van der Waals surface area contributed by atoms with E-state index in [1.165, 1.54) is 42.8 Å². The number of anilines is 1. The summed E-state index contributed by atoms with van der Waals surface area (Å²) in [5.41, 5.74) is 7.14. The van der Waals surface area contributed by atoms with Gasteiger partial charge in [0, 0.05) is 19.3 Å². The van der Waals surface area contributed by atoms with Gasteiger partial charge >= 0.3 is 5.13 Å². The van der Waals surface area contributed by atoms with Gasteiger partial charge in [-0.15, -0.1) is 0 Å². The van der Waals surface area contributed by atoms with Crippen molar-refractivity contribution in [2.45, 2.75) is 38.6 Å². The van der Waals surface area contributed by atoms with Crippen LogP contribution in [0.25, 0.3) is 0 Å². The lowest BCUT2D eigenvalue weighted by Gasteiger charge is -2.18. The lowest BCUT2D eigenvalue weighted by atomic mass is 9.98. The number of nitrogen functional groups attached to an aromatic ring is 1. The third kappa shape index (κ3) is 2.07. The van der Waals surface area contributed by atoms with Crippen LogP contribution in [0.5, 0.6) is 0 Å². The Hall–Kier alpha value is -0.610. The van der Waals surface area contributed by atoms with Gasteiger partial charge in [0.25, 0.3) is 0 Å². The summed E-state index contributed by atoms with van der Waals surface area (Å²) in [7, 11) is 0. The Morgan fingerprint density at radius 1 is 1.64 bits per heavy atom. The zero-order valence-corrected chi connectivity index (χ0v) is 9.49. The van der Waals surface area contributed by atoms with Gasteiger partial charge in [-0.05, 0) is 6.42 Å². The van der Waals surface area contributed by atoms with Gasteiger partial charge in [0.05, 0.1) is 17.5 Å². The summed E-state index contributed by atoms with van der Waals surface area (Å²) in [6.45, 7) is 3.49. The molecular weight excluding hydrogens is 194 g/mol. The molecule has 3 nitrogen and oxygen atoms in total. The molecule has 78 valence electrons. The smallest absolute Gasteiger partial charge is 0.329 e. The molecule has 0 fully saturated rings. The molecule has 0 spiro atoms. The van der Waals surface area contributed by atoms with Gasteiger partial charge in [0.1, 0.15) is 5.69 Å². The highest BCUT2D eigenvalue weighted by Gasteiger charge is 2.25. The predicted molar refractivity (Wildman–Crippen MR) is 58.2 cm³/mol. The van der Waals surface area contributed by atoms with Crippen LogP contribution in [0, 0.1) is 0 Å². The van der Waals surface area contributed by atoms with Crippen LogP contribution in [0.1, 0.15) is 30.3 Å². The van der Waals surface area contributed by atoms with Crippen LogP contribution in [0.3, 0.4) is 0 Å². The van der Waals surface area contributed by atoms with Crippen molar-refractivity contribution in [2.24, 2.45) is 0 Å². The van der Waals surface area contributed by atoms with Crippen molar-refractivity contribution in [1.82, 2.24) is 0 Å². The fourth-order valence-electron chi connectivity index (χ4n) is 2.08. The fourth-order valence-corrected chi connectivity index (χ4v) is 3.09. The highest BCUT2D eigenvalue weighted by Crippen LogP contribution is 2.23. The van der Waals surface area contributed by atoms with E-state index in [9.17, 15) is 0 Å². The van der Waals surface area contributed by atoms with Gasteiger partial charge < -0.3 is 5.32 Å². The number of hydrogen-bond donors (Lipinski definition) is 2. The lowest BCUT2D eigenvalue weighted by molar-refractivity contribution is -0.690. The number of rotatable bonds is 3. The average Bonchev–Trinajstić information content (AvgIpc) is 2.54.